The summed E-state index contributed by atoms with van der Waals surface area (Å²) in [6.07, 6.45) is 2.18. The molecule has 0 aliphatic heterocycles. The van der Waals surface area contributed by atoms with Crippen LogP contribution in [0.25, 0.3) is 0 Å². The molecule has 0 fully saturated rings. The van der Waals surface area contributed by atoms with Crippen LogP contribution < -0.4 is 0 Å². The standard InChI is InChI=1S/C9H17NO6S2/c1-9(8-10,4-6-15-17(2,11)12)5-7-16-18(3,13)14/h4-7H2,1-3H3. The van der Waals surface area contributed by atoms with Crippen LogP contribution in [0.1, 0.15) is 19.8 Å². The lowest BCUT2D eigenvalue weighted by Crippen LogP contribution is -2.21. The molecule has 0 spiro atoms. The number of hydrogen-bond acceptors (Lipinski definition) is 7. The minimum atomic E-state index is -3.54. The van der Waals surface area contributed by atoms with Crippen LogP contribution in [0.3, 0.4) is 0 Å². The van der Waals surface area contributed by atoms with Gasteiger partial charge in [0.15, 0.2) is 0 Å². The van der Waals surface area contributed by atoms with Gasteiger partial charge in [0.05, 0.1) is 37.2 Å². The second-order valence-corrected chi connectivity index (χ2v) is 7.51. The molecule has 0 aromatic carbocycles. The van der Waals surface area contributed by atoms with Crippen LogP contribution >= 0.6 is 0 Å². The minimum Gasteiger partial charge on any atom is -0.270 e. The van der Waals surface area contributed by atoms with E-state index in [1.165, 1.54) is 0 Å². The van der Waals surface area contributed by atoms with E-state index in [0.29, 0.717) is 0 Å². The molecule has 0 bridgehead atoms. The van der Waals surface area contributed by atoms with Gasteiger partial charge in [0.1, 0.15) is 0 Å². The fraction of sp³-hybridized carbons (Fsp3) is 0.889. The molecule has 0 atom stereocenters. The molecule has 0 amide bonds. The van der Waals surface area contributed by atoms with Gasteiger partial charge in [-0.3, -0.25) is 8.37 Å². The predicted octanol–water partition coefficient (Wildman–Crippen LogP) is 0.249. The molecular weight excluding hydrogens is 282 g/mol. The Morgan fingerprint density at radius 1 is 1.00 bits per heavy atom. The molecule has 0 rings (SSSR count). The lowest BCUT2D eigenvalue weighted by Gasteiger charge is -2.20. The van der Waals surface area contributed by atoms with E-state index >= 15 is 0 Å². The predicted molar refractivity (Wildman–Crippen MR) is 64.5 cm³/mol. The van der Waals surface area contributed by atoms with Crippen molar-refractivity contribution in [3.8, 4) is 6.07 Å². The molecule has 0 N–H and O–H groups in total. The van der Waals surface area contributed by atoms with Crippen molar-refractivity contribution in [2.75, 3.05) is 25.7 Å². The van der Waals surface area contributed by atoms with Crippen molar-refractivity contribution < 1.29 is 25.2 Å². The first-order valence-electron chi connectivity index (χ1n) is 5.07. The van der Waals surface area contributed by atoms with Crippen LogP contribution in [-0.4, -0.2) is 42.6 Å². The summed E-state index contributed by atoms with van der Waals surface area (Å²) >= 11 is 0. The smallest absolute Gasteiger partial charge is 0.264 e. The zero-order chi connectivity index (χ0) is 14.4. The average molecular weight is 299 g/mol. The van der Waals surface area contributed by atoms with E-state index in [1.807, 2.05) is 6.07 Å². The third-order valence-corrected chi connectivity index (χ3v) is 3.36. The van der Waals surface area contributed by atoms with Crippen molar-refractivity contribution in [3.63, 3.8) is 0 Å². The van der Waals surface area contributed by atoms with Gasteiger partial charge in [-0.1, -0.05) is 0 Å². The SMILES string of the molecule is CC(C#N)(CCOS(C)(=O)=O)CCOS(C)(=O)=O. The van der Waals surface area contributed by atoms with E-state index in [4.69, 9.17) is 5.26 Å². The number of nitriles is 1. The maximum atomic E-state index is 10.7. The van der Waals surface area contributed by atoms with Crippen molar-refractivity contribution in [1.82, 2.24) is 0 Å². The van der Waals surface area contributed by atoms with Gasteiger partial charge in [-0.15, -0.1) is 0 Å². The Labute approximate surface area is 108 Å². The Balaban J connectivity index is 4.24. The summed E-state index contributed by atoms with van der Waals surface area (Å²) in [5.74, 6) is 0. The van der Waals surface area contributed by atoms with Crippen molar-refractivity contribution in [2.45, 2.75) is 19.8 Å². The molecule has 7 nitrogen and oxygen atoms in total. The van der Waals surface area contributed by atoms with Gasteiger partial charge in [0.2, 0.25) is 0 Å². The first kappa shape index (κ1) is 17.3. The minimum absolute atomic E-state index is 0.123. The lowest BCUT2D eigenvalue weighted by atomic mass is 9.86. The molecule has 0 unspecified atom stereocenters. The molecule has 0 heterocycles. The maximum absolute atomic E-state index is 10.7. The van der Waals surface area contributed by atoms with E-state index in [0.717, 1.165) is 12.5 Å². The van der Waals surface area contributed by atoms with Crippen LogP contribution in [0, 0.1) is 16.7 Å². The van der Waals surface area contributed by atoms with E-state index in [-0.39, 0.29) is 26.1 Å². The van der Waals surface area contributed by atoms with Gasteiger partial charge in [-0.25, -0.2) is 0 Å². The van der Waals surface area contributed by atoms with Crippen molar-refractivity contribution in [2.24, 2.45) is 5.41 Å². The summed E-state index contributed by atoms with van der Waals surface area (Å²) in [5, 5.41) is 8.98. The summed E-state index contributed by atoms with van der Waals surface area (Å²) < 4.78 is 52.0. The Morgan fingerprint density at radius 3 is 1.56 bits per heavy atom. The van der Waals surface area contributed by atoms with Gasteiger partial charge in [0, 0.05) is 0 Å². The van der Waals surface area contributed by atoms with Crippen LogP contribution in [0.4, 0.5) is 0 Å². The molecule has 0 radical (unpaired) electrons. The monoisotopic (exact) mass is 299 g/mol. The average Bonchev–Trinajstić information content (AvgIpc) is 2.13. The van der Waals surface area contributed by atoms with Gasteiger partial charge < -0.3 is 0 Å². The molecule has 0 aromatic rings. The molecule has 9 heteroatoms. The topological polar surface area (TPSA) is 111 Å². The summed E-state index contributed by atoms with van der Waals surface area (Å²) in [6, 6.07) is 2.00. The van der Waals surface area contributed by atoms with Gasteiger partial charge in [0.25, 0.3) is 20.2 Å². The second-order valence-electron chi connectivity index (χ2n) is 4.22. The molecule has 0 saturated carbocycles. The molecule has 0 aliphatic carbocycles. The molecular formula is C9H17NO6S2. The zero-order valence-corrected chi connectivity index (χ0v) is 12.2. The first-order chi connectivity index (χ1) is 7.97. The highest BCUT2D eigenvalue weighted by atomic mass is 32.2. The summed E-state index contributed by atoms with van der Waals surface area (Å²) in [5.41, 5.74) is -0.893. The number of nitrogens with zero attached hydrogens (tertiary/aromatic N) is 1. The van der Waals surface area contributed by atoms with Crippen molar-refractivity contribution >= 4 is 20.2 Å². The van der Waals surface area contributed by atoms with E-state index in [2.05, 4.69) is 8.37 Å². The Morgan fingerprint density at radius 2 is 1.33 bits per heavy atom. The Hall–Kier alpha value is -0.690. The lowest BCUT2D eigenvalue weighted by molar-refractivity contribution is 0.215. The summed E-state index contributed by atoms with van der Waals surface area (Å²) in [4.78, 5) is 0. The number of rotatable bonds is 8. The van der Waals surface area contributed by atoms with Crippen molar-refractivity contribution in [1.29, 1.82) is 5.26 Å². The zero-order valence-electron chi connectivity index (χ0n) is 10.5. The Bertz CT molecular complexity index is 464. The molecule has 0 saturated heterocycles. The van der Waals surface area contributed by atoms with Crippen LogP contribution in [0.5, 0.6) is 0 Å². The van der Waals surface area contributed by atoms with Gasteiger partial charge >= 0.3 is 0 Å². The fourth-order valence-electron chi connectivity index (χ4n) is 1.07. The van der Waals surface area contributed by atoms with Crippen LogP contribution in [0.15, 0.2) is 0 Å². The quantitative estimate of drug-likeness (QED) is 0.590. The molecule has 18 heavy (non-hydrogen) atoms. The van der Waals surface area contributed by atoms with E-state index in [1.54, 1.807) is 6.92 Å². The van der Waals surface area contributed by atoms with E-state index < -0.39 is 25.7 Å². The van der Waals surface area contributed by atoms with E-state index in [9.17, 15) is 16.8 Å². The normalized spacial score (nSPS) is 13.2. The third-order valence-electron chi connectivity index (χ3n) is 2.17. The highest BCUT2D eigenvalue weighted by Gasteiger charge is 2.25. The first-order valence-corrected chi connectivity index (χ1v) is 8.71. The molecule has 106 valence electrons. The highest BCUT2D eigenvalue weighted by Crippen LogP contribution is 2.25. The summed E-state index contributed by atoms with van der Waals surface area (Å²) in [6.45, 7) is 1.34. The van der Waals surface area contributed by atoms with Gasteiger partial charge in [-0.05, 0) is 19.8 Å². The van der Waals surface area contributed by atoms with Crippen LogP contribution in [-0.2, 0) is 28.6 Å². The number of hydrogen-bond donors (Lipinski definition) is 0. The molecule has 0 aromatic heterocycles. The maximum Gasteiger partial charge on any atom is 0.264 e. The third kappa shape index (κ3) is 9.35. The summed E-state index contributed by atoms with van der Waals surface area (Å²) in [7, 11) is -7.07. The highest BCUT2D eigenvalue weighted by molar-refractivity contribution is 7.86. The Kier molecular flexibility index (Phi) is 6.22. The fourth-order valence-corrected chi connectivity index (χ4v) is 1.85. The van der Waals surface area contributed by atoms with Crippen molar-refractivity contribution in [3.05, 3.63) is 0 Å². The second kappa shape index (κ2) is 6.47. The largest absolute Gasteiger partial charge is 0.270 e. The molecule has 0 aliphatic rings. The van der Waals surface area contributed by atoms with Gasteiger partial charge in [-0.2, -0.15) is 22.1 Å². The van der Waals surface area contributed by atoms with Crippen LogP contribution in [0.2, 0.25) is 0 Å².